The number of rotatable bonds is 4. The molecule has 1 aliphatic heterocycles. The van der Waals surface area contributed by atoms with Gasteiger partial charge in [-0.25, -0.2) is 9.78 Å². The Morgan fingerprint density at radius 3 is 2.33 bits per heavy atom. The summed E-state index contributed by atoms with van der Waals surface area (Å²) in [5.74, 6) is 0.580. The number of amides is 2. The van der Waals surface area contributed by atoms with Gasteiger partial charge in [-0.3, -0.25) is 4.90 Å². The molecule has 1 aliphatic rings. The first-order valence-electron chi connectivity index (χ1n) is 9.11. The second kappa shape index (κ2) is 9.37. The molecule has 0 bridgehead atoms. The first-order chi connectivity index (χ1) is 12.8. The van der Waals surface area contributed by atoms with Crippen LogP contribution in [-0.2, 0) is 5.41 Å². The maximum atomic E-state index is 12.4. The number of carbonyl (C=O) groups is 1. The van der Waals surface area contributed by atoms with Crippen molar-refractivity contribution in [1.82, 2.24) is 15.2 Å². The van der Waals surface area contributed by atoms with Crippen LogP contribution in [0.15, 0.2) is 48.5 Å². The van der Waals surface area contributed by atoms with E-state index in [1.165, 1.54) is 0 Å². The van der Waals surface area contributed by atoms with Gasteiger partial charge in [0.15, 0.2) is 0 Å². The molecule has 1 aromatic heterocycles. The maximum absolute atomic E-state index is 12.4. The zero-order valence-electron chi connectivity index (χ0n) is 16.9. The van der Waals surface area contributed by atoms with Crippen molar-refractivity contribution in [1.29, 1.82) is 0 Å². The molecule has 148 valence electrons. The van der Waals surface area contributed by atoms with Gasteiger partial charge in [-0.15, -0.1) is 0 Å². The number of fused-ring (bicyclic) bond motifs is 1. The molecule has 0 aliphatic carbocycles. The Hall–Kier alpha value is -2.60. The fraction of sp³-hybridized carbons (Fsp3) is 0.429. The molecule has 2 heterocycles. The number of aromatic nitrogens is 1. The van der Waals surface area contributed by atoms with E-state index in [2.05, 4.69) is 24.1 Å². The highest BCUT2D eigenvalue weighted by Crippen LogP contribution is 2.40. The van der Waals surface area contributed by atoms with Crippen molar-refractivity contribution in [3.8, 4) is 5.88 Å². The van der Waals surface area contributed by atoms with Crippen LogP contribution in [0.3, 0.4) is 0 Å². The lowest BCUT2D eigenvalue weighted by atomic mass is 9.91. The molecule has 0 radical (unpaired) electrons. The molecule has 0 atom stereocenters. The first kappa shape index (κ1) is 20.7. The van der Waals surface area contributed by atoms with Crippen molar-refractivity contribution in [2.75, 3.05) is 45.7 Å². The minimum atomic E-state index is -0.178. The van der Waals surface area contributed by atoms with E-state index in [4.69, 9.17) is 4.74 Å². The number of urea groups is 1. The molecule has 0 unspecified atom stereocenters. The van der Waals surface area contributed by atoms with Gasteiger partial charge in [0.2, 0.25) is 5.88 Å². The third-order valence-corrected chi connectivity index (χ3v) is 4.29. The standard InChI is InChI=1S/C15H24N4O2.C6H6.H2/c1-15(2)10-19(14(20)16-8-9-18(3)4)11-6-7-12(21-5)17-13(11)15;1-2-4-6-5-3-1;/h6-7H,8-10H2,1-5H3,(H,16,20);1-6H;1H. The highest BCUT2D eigenvalue weighted by atomic mass is 16.5. The molecule has 1 aromatic carbocycles. The largest absolute Gasteiger partial charge is 0.481 e. The van der Waals surface area contributed by atoms with Crippen LogP contribution >= 0.6 is 0 Å². The number of anilines is 1. The number of likely N-dealkylation sites (N-methyl/N-ethyl adjacent to an activating group) is 1. The van der Waals surface area contributed by atoms with Gasteiger partial charge in [0, 0.05) is 32.5 Å². The molecule has 2 amide bonds. The number of hydrogen-bond acceptors (Lipinski definition) is 4. The second-order valence-electron chi connectivity index (χ2n) is 7.38. The van der Waals surface area contributed by atoms with Gasteiger partial charge in [0.25, 0.3) is 0 Å². The minimum absolute atomic E-state index is 0. The van der Waals surface area contributed by atoms with Crippen LogP contribution in [0.1, 0.15) is 21.0 Å². The Balaban J connectivity index is 0.000000478. The van der Waals surface area contributed by atoms with Crippen LogP contribution in [0.4, 0.5) is 10.5 Å². The number of ether oxygens (including phenoxy) is 1. The molecular weight excluding hydrogens is 340 g/mol. The van der Waals surface area contributed by atoms with E-state index in [1.54, 1.807) is 18.1 Å². The third kappa shape index (κ3) is 5.69. The molecule has 2 aromatic rings. The summed E-state index contributed by atoms with van der Waals surface area (Å²) in [4.78, 5) is 20.7. The zero-order valence-corrected chi connectivity index (χ0v) is 16.9. The topological polar surface area (TPSA) is 57.7 Å². The molecule has 0 spiro atoms. The van der Waals surface area contributed by atoms with Crippen LogP contribution in [0.5, 0.6) is 5.88 Å². The SMILES string of the molecule is COc1ccc2c(n1)C(C)(C)CN2C(=O)NCCN(C)C.[HH].c1ccccc1. The Morgan fingerprint density at radius 2 is 1.81 bits per heavy atom. The van der Waals surface area contributed by atoms with Crippen molar-refractivity contribution >= 4 is 11.7 Å². The van der Waals surface area contributed by atoms with E-state index < -0.39 is 0 Å². The Kier molecular flexibility index (Phi) is 7.19. The lowest BCUT2D eigenvalue weighted by Gasteiger charge is -2.21. The zero-order chi connectivity index (χ0) is 19.9. The fourth-order valence-corrected chi connectivity index (χ4v) is 2.87. The van der Waals surface area contributed by atoms with Gasteiger partial charge in [-0.2, -0.15) is 0 Å². The normalized spacial score (nSPS) is 14.2. The Morgan fingerprint density at radius 1 is 1.22 bits per heavy atom. The summed E-state index contributed by atoms with van der Waals surface area (Å²) in [6.45, 7) is 6.24. The molecule has 0 fully saturated rings. The number of nitrogens with one attached hydrogen (secondary N) is 1. The van der Waals surface area contributed by atoms with Crippen molar-refractivity contribution in [2.24, 2.45) is 0 Å². The number of benzene rings is 1. The van der Waals surface area contributed by atoms with Crippen LogP contribution in [0.25, 0.3) is 0 Å². The van der Waals surface area contributed by atoms with Gasteiger partial charge in [-0.05, 0) is 20.2 Å². The van der Waals surface area contributed by atoms with E-state index in [9.17, 15) is 4.79 Å². The van der Waals surface area contributed by atoms with Gasteiger partial charge in [0.05, 0.1) is 18.5 Å². The number of nitrogens with zero attached hydrogens (tertiary/aromatic N) is 3. The molecule has 6 nitrogen and oxygen atoms in total. The van der Waals surface area contributed by atoms with E-state index in [0.717, 1.165) is 17.9 Å². The van der Waals surface area contributed by atoms with Gasteiger partial charge >= 0.3 is 6.03 Å². The second-order valence-corrected chi connectivity index (χ2v) is 7.38. The average Bonchev–Trinajstić information content (AvgIpc) is 2.94. The summed E-state index contributed by atoms with van der Waals surface area (Å²) in [7, 11) is 5.57. The predicted octanol–water partition coefficient (Wildman–Crippen LogP) is 3.39. The summed E-state index contributed by atoms with van der Waals surface area (Å²) < 4.78 is 5.18. The van der Waals surface area contributed by atoms with Crippen molar-refractivity contribution in [2.45, 2.75) is 19.3 Å². The molecule has 3 rings (SSSR count). The molecule has 0 saturated heterocycles. The molecule has 0 saturated carbocycles. The van der Waals surface area contributed by atoms with Crippen LogP contribution < -0.4 is 15.0 Å². The Bertz CT molecular complexity index is 712. The maximum Gasteiger partial charge on any atom is 0.322 e. The summed E-state index contributed by atoms with van der Waals surface area (Å²) in [6, 6.07) is 15.6. The number of hydrogen-bond donors (Lipinski definition) is 1. The summed E-state index contributed by atoms with van der Waals surface area (Å²) in [6.07, 6.45) is 0. The van der Waals surface area contributed by atoms with Crippen LogP contribution in [0.2, 0.25) is 0 Å². The number of pyridine rings is 1. The molecular formula is C21H32N4O2. The van der Waals surface area contributed by atoms with Crippen LogP contribution in [-0.4, -0.2) is 56.8 Å². The van der Waals surface area contributed by atoms with Crippen molar-refractivity contribution in [3.05, 3.63) is 54.2 Å². The molecule has 6 heteroatoms. The van der Waals surface area contributed by atoms with E-state index in [-0.39, 0.29) is 12.9 Å². The first-order valence-corrected chi connectivity index (χ1v) is 9.11. The minimum Gasteiger partial charge on any atom is -0.481 e. The lowest BCUT2D eigenvalue weighted by molar-refractivity contribution is 0.244. The molecule has 27 heavy (non-hydrogen) atoms. The molecule has 1 N–H and O–H groups in total. The lowest BCUT2D eigenvalue weighted by Crippen LogP contribution is -2.43. The summed E-state index contributed by atoms with van der Waals surface area (Å²) in [5.41, 5.74) is 1.59. The van der Waals surface area contributed by atoms with Crippen LogP contribution in [0, 0.1) is 0 Å². The highest BCUT2D eigenvalue weighted by Gasteiger charge is 2.39. The predicted molar refractivity (Wildman–Crippen MR) is 112 cm³/mol. The van der Waals surface area contributed by atoms with E-state index in [1.807, 2.05) is 61.5 Å². The summed E-state index contributed by atoms with van der Waals surface area (Å²) in [5, 5.41) is 2.95. The number of methoxy groups -OCH3 is 1. The fourth-order valence-electron chi connectivity index (χ4n) is 2.87. The third-order valence-electron chi connectivity index (χ3n) is 4.29. The Labute approximate surface area is 163 Å². The highest BCUT2D eigenvalue weighted by molar-refractivity contribution is 5.94. The number of carbonyl (C=O) groups excluding carboxylic acids is 1. The average molecular weight is 373 g/mol. The van der Waals surface area contributed by atoms with Gasteiger partial charge in [-0.1, -0.05) is 50.2 Å². The van der Waals surface area contributed by atoms with Crippen molar-refractivity contribution in [3.63, 3.8) is 0 Å². The van der Waals surface area contributed by atoms with E-state index in [0.29, 0.717) is 19.0 Å². The van der Waals surface area contributed by atoms with Gasteiger partial charge < -0.3 is 15.0 Å². The monoisotopic (exact) mass is 372 g/mol. The smallest absolute Gasteiger partial charge is 0.322 e. The van der Waals surface area contributed by atoms with E-state index >= 15 is 0 Å². The van der Waals surface area contributed by atoms with Crippen molar-refractivity contribution < 1.29 is 11.0 Å². The quantitative estimate of drug-likeness (QED) is 0.894. The summed E-state index contributed by atoms with van der Waals surface area (Å²) >= 11 is 0. The van der Waals surface area contributed by atoms with Gasteiger partial charge in [0.1, 0.15) is 0 Å².